The van der Waals surface area contributed by atoms with Crippen LogP contribution in [0.2, 0.25) is 0 Å². The van der Waals surface area contributed by atoms with Crippen LogP contribution in [0, 0.1) is 17.8 Å². The van der Waals surface area contributed by atoms with E-state index in [0.29, 0.717) is 25.9 Å². The van der Waals surface area contributed by atoms with Crippen molar-refractivity contribution >= 4 is 12.0 Å². The molecule has 3 N–H and O–H groups in total. The van der Waals surface area contributed by atoms with Gasteiger partial charge in [-0.15, -0.1) is 11.8 Å². The topological polar surface area (TPSA) is 78.4 Å². The molecule has 0 aromatic rings. The van der Waals surface area contributed by atoms with E-state index in [2.05, 4.69) is 22.5 Å². The van der Waals surface area contributed by atoms with Crippen molar-refractivity contribution in [1.82, 2.24) is 10.6 Å². The molecular weight excluding hydrogens is 208 g/mol. The van der Waals surface area contributed by atoms with E-state index in [9.17, 15) is 9.59 Å². The minimum atomic E-state index is -0.847. The fourth-order valence-corrected chi connectivity index (χ4v) is 0.952. The summed E-state index contributed by atoms with van der Waals surface area (Å²) in [4.78, 5) is 21.6. The molecule has 5 heteroatoms. The van der Waals surface area contributed by atoms with Crippen LogP contribution in [-0.2, 0) is 4.79 Å². The Kier molecular flexibility index (Phi) is 7.68. The van der Waals surface area contributed by atoms with Crippen molar-refractivity contribution in [2.24, 2.45) is 5.92 Å². The molecule has 1 unspecified atom stereocenters. The number of nitrogens with one attached hydrogen (secondary N) is 2. The molecule has 0 aliphatic heterocycles. The van der Waals surface area contributed by atoms with Crippen molar-refractivity contribution in [2.75, 3.05) is 13.1 Å². The minimum absolute atomic E-state index is 0.282. The molecule has 0 aromatic heterocycles. The number of carboxylic acids is 1. The first-order chi connectivity index (χ1) is 7.57. The molecule has 0 saturated carbocycles. The highest BCUT2D eigenvalue weighted by molar-refractivity contribution is 5.74. The summed E-state index contributed by atoms with van der Waals surface area (Å²) in [7, 11) is 0. The van der Waals surface area contributed by atoms with Crippen LogP contribution >= 0.6 is 0 Å². The summed E-state index contributed by atoms with van der Waals surface area (Å²) in [6.45, 7) is 4.21. The van der Waals surface area contributed by atoms with E-state index in [1.807, 2.05) is 0 Å². The normalized spacial score (nSPS) is 10.9. The number of urea groups is 1. The highest BCUT2D eigenvalue weighted by Crippen LogP contribution is 1.99. The Morgan fingerprint density at radius 2 is 1.94 bits per heavy atom. The number of hydrogen-bond acceptors (Lipinski definition) is 2. The fourth-order valence-electron chi connectivity index (χ4n) is 0.952. The van der Waals surface area contributed by atoms with Gasteiger partial charge in [-0.3, -0.25) is 4.79 Å². The van der Waals surface area contributed by atoms with Crippen molar-refractivity contribution in [2.45, 2.75) is 26.7 Å². The molecule has 0 fully saturated rings. The van der Waals surface area contributed by atoms with Gasteiger partial charge in [0.1, 0.15) is 0 Å². The molecular formula is C11H18N2O3. The summed E-state index contributed by atoms with van der Waals surface area (Å²) in [5, 5.41) is 13.8. The summed E-state index contributed by atoms with van der Waals surface area (Å²) in [5.74, 6) is 4.26. The second kappa shape index (κ2) is 8.60. The number of carbonyl (C=O) groups is 2. The lowest BCUT2D eigenvalue weighted by molar-refractivity contribution is -0.141. The maximum Gasteiger partial charge on any atom is 0.314 e. The molecule has 0 rings (SSSR count). The number of hydrogen-bond donors (Lipinski definition) is 3. The second-order valence-electron chi connectivity index (χ2n) is 3.39. The average molecular weight is 226 g/mol. The maximum absolute atomic E-state index is 11.1. The third kappa shape index (κ3) is 7.68. The third-order valence-corrected chi connectivity index (χ3v) is 2.00. The molecule has 1 atom stereocenters. The van der Waals surface area contributed by atoms with Gasteiger partial charge in [-0.2, -0.15) is 0 Å². The largest absolute Gasteiger partial charge is 0.481 e. The first-order valence-corrected chi connectivity index (χ1v) is 5.22. The van der Waals surface area contributed by atoms with Crippen LogP contribution < -0.4 is 10.6 Å². The average Bonchev–Trinajstić information content (AvgIpc) is 2.24. The van der Waals surface area contributed by atoms with E-state index in [-0.39, 0.29) is 6.03 Å². The zero-order valence-corrected chi connectivity index (χ0v) is 9.67. The Balaban J connectivity index is 3.49. The first kappa shape index (κ1) is 14.3. The number of rotatable bonds is 6. The highest BCUT2D eigenvalue weighted by Gasteiger charge is 2.10. The van der Waals surface area contributed by atoms with Crippen LogP contribution in [0.1, 0.15) is 26.7 Å². The summed E-state index contributed by atoms with van der Waals surface area (Å²) in [6.07, 6.45) is 1.05. The van der Waals surface area contributed by atoms with Crippen molar-refractivity contribution in [3.63, 3.8) is 0 Å². The molecule has 0 spiro atoms. The Morgan fingerprint density at radius 1 is 1.31 bits per heavy atom. The summed E-state index contributed by atoms with van der Waals surface area (Å²) in [6, 6.07) is -0.282. The molecule has 0 aliphatic carbocycles. The fraction of sp³-hybridized carbons (Fsp3) is 0.636. The molecule has 5 nitrogen and oxygen atoms in total. The standard InChI is InChI=1S/C11H18N2O3/c1-3-4-5-7-12-11(16)13-8-6-9(2)10(14)15/h9H,5-8H2,1-2H3,(H,14,15)(H2,12,13,16). The molecule has 0 aliphatic rings. The zero-order chi connectivity index (χ0) is 12.4. The van der Waals surface area contributed by atoms with E-state index in [1.165, 1.54) is 0 Å². The van der Waals surface area contributed by atoms with Gasteiger partial charge >= 0.3 is 12.0 Å². The molecule has 90 valence electrons. The molecule has 0 saturated heterocycles. The SMILES string of the molecule is CC#CCCNC(=O)NCCC(C)C(=O)O. The summed E-state index contributed by atoms with van der Waals surface area (Å²) in [5.41, 5.74) is 0. The van der Waals surface area contributed by atoms with Crippen LogP contribution in [0.4, 0.5) is 4.79 Å². The van der Waals surface area contributed by atoms with Gasteiger partial charge in [0.25, 0.3) is 0 Å². The zero-order valence-electron chi connectivity index (χ0n) is 9.67. The van der Waals surface area contributed by atoms with Crippen LogP contribution in [0.5, 0.6) is 0 Å². The van der Waals surface area contributed by atoms with Gasteiger partial charge in [-0.25, -0.2) is 4.79 Å². The number of amides is 2. The smallest absolute Gasteiger partial charge is 0.314 e. The predicted octanol–water partition coefficient (Wildman–Crippen LogP) is 0.810. The van der Waals surface area contributed by atoms with E-state index in [4.69, 9.17) is 5.11 Å². The number of aliphatic carboxylic acids is 1. The van der Waals surface area contributed by atoms with Crippen LogP contribution in [-0.4, -0.2) is 30.2 Å². The van der Waals surface area contributed by atoms with E-state index in [1.54, 1.807) is 13.8 Å². The molecule has 0 aromatic carbocycles. The molecule has 0 radical (unpaired) electrons. The summed E-state index contributed by atoms with van der Waals surface area (Å²) < 4.78 is 0. The Labute approximate surface area is 95.6 Å². The van der Waals surface area contributed by atoms with Crippen molar-refractivity contribution < 1.29 is 14.7 Å². The van der Waals surface area contributed by atoms with E-state index < -0.39 is 11.9 Å². The van der Waals surface area contributed by atoms with Gasteiger partial charge in [-0.05, 0) is 13.3 Å². The van der Waals surface area contributed by atoms with Gasteiger partial charge < -0.3 is 15.7 Å². The molecule has 2 amide bonds. The summed E-state index contributed by atoms with van der Waals surface area (Å²) >= 11 is 0. The maximum atomic E-state index is 11.1. The predicted molar refractivity (Wildman–Crippen MR) is 60.9 cm³/mol. The second-order valence-corrected chi connectivity index (χ2v) is 3.39. The Morgan fingerprint density at radius 3 is 2.50 bits per heavy atom. The first-order valence-electron chi connectivity index (χ1n) is 5.22. The van der Waals surface area contributed by atoms with Gasteiger partial charge in [0, 0.05) is 19.5 Å². The van der Waals surface area contributed by atoms with Crippen LogP contribution in [0.3, 0.4) is 0 Å². The van der Waals surface area contributed by atoms with Crippen molar-refractivity contribution in [3.8, 4) is 11.8 Å². The number of carbonyl (C=O) groups excluding carboxylic acids is 1. The monoisotopic (exact) mass is 226 g/mol. The lowest BCUT2D eigenvalue weighted by Crippen LogP contribution is -2.37. The van der Waals surface area contributed by atoms with Crippen molar-refractivity contribution in [1.29, 1.82) is 0 Å². The highest BCUT2D eigenvalue weighted by atomic mass is 16.4. The van der Waals surface area contributed by atoms with Crippen molar-refractivity contribution in [3.05, 3.63) is 0 Å². The Hall–Kier alpha value is -1.70. The lowest BCUT2D eigenvalue weighted by atomic mass is 10.1. The van der Waals surface area contributed by atoms with Gasteiger partial charge in [0.2, 0.25) is 0 Å². The molecule has 0 heterocycles. The third-order valence-electron chi connectivity index (χ3n) is 2.00. The lowest BCUT2D eigenvalue weighted by Gasteiger charge is -2.08. The quantitative estimate of drug-likeness (QED) is 0.463. The van der Waals surface area contributed by atoms with Crippen LogP contribution in [0.15, 0.2) is 0 Å². The number of carboxylic acid groups (broad SMARTS) is 1. The van der Waals surface area contributed by atoms with E-state index >= 15 is 0 Å². The molecule has 16 heavy (non-hydrogen) atoms. The van der Waals surface area contributed by atoms with Gasteiger partial charge in [0.15, 0.2) is 0 Å². The van der Waals surface area contributed by atoms with E-state index in [0.717, 1.165) is 0 Å². The van der Waals surface area contributed by atoms with Gasteiger partial charge in [-0.1, -0.05) is 6.92 Å². The van der Waals surface area contributed by atoms with Crippen LogP contribution in [0.25, 0.3) is 0 Å². The molecule has 0 bridgehead atoms. The minimum Gasteiger partial charge on any atom is -0.481 e. The van der Waals surface area contributed by atoms with Gasteiger partial charge in [0.05, 0.1) is 5.92 Å². The Bertz CT molecular complexity index is 291.